The fourth-order valence-electron chi connectivity index (χ4n) is 0.277. The van der Waals surface area contributed by atoms with Crippen molar-refractivity contribution in [3.8, 4) is 0 Å². The van der Waals surface area contributed by atoms with Gasteiger partial charge in [-0.1, -0.05) is 0 Å². The van der Waals surface area contributed by atoms with Crippen molar-refractivity contribution < 1.29 is 19.4 Å². The maximum Gasteiger partial charge on any atom is 0.376 e. The number of carbonyl (C=O) groups excluding carboxylic acids is 1. The van der Waals surface area contributed by atoms with Crippen LogP contribution in [0.15, 0.2) is 12.3 Å². The lowest BCUT2D eigenvalue weighted by molar-refractivity contribution is -0.146. The molecule has 0 fully saturated rings. The Balaban J connectivity index is 3.67. The summed E-state index contributed by atoms with van der Waals surface area (Å²) < 4.78 is 4.59. The highest BCUT2D eigenvalue weighted by Crippen LogP contribution is 1.79. The van der Waals surface area contributed by atoms with E-state index in [4.69, 9.17) is 5.11 Å². The van der Waals surface area contributed by atoms with Crippen molar-refractivity contribution >= 4 is 11.8 Å². The summed E-state index contributed by atoms with van der Waals surface area (Å²) in [5, 5.41) is 8.02. The monoisotopic (exact) mass is 144 g/mol. The zero-order valence-electron chi connectivity index (χ0n) is 5.53. The number of ether oxygens (including phenoxy) is 1. The molecule has 0 saturated carbocycles. The molecular weight excluding hydrogens is 136 g/mol. The van der Waals surface area contributed by atoms with E-state index in [1.165, 1.54) is 0 Å². The van der Waals surface area contributed by atoms with Gasteiger partial charge in [0.1, 0.15) is 0 Å². The molecule has 0 atom stereocenters. The molecule has 0 rings (SSSR count). The van der Waals surface area contributed by atoms with Crippen molar-refractivity contribution in [1.82, 2.24) is 0 Å². The Morgan fingerprint density at radius 1 is 1.60 bits per heavy atom. The standard InChI is InChI=1S/C6H8O4/c1-2-10-4-3-5(7)6(8)9/h3-4H,2H2,1H3,(H,8,9)/b4-3+. The summed E-state index contributed by atoms with van der Waals surface area (Å²) in [7, 11) is 0. The summed E-state index contributed by atoms with van der Waals surface area (Å²) in [5.41, 5.74) is 0. The normalized spacial score (nSPS) is 9.70. The second-order valence-corrected chi connectivity index (χ2v) is 1.43. The van der Waals surface area contributed by atoms with Gasteiger partial charge in [-0.3, -0.25) is 4.79 Å². The number of hydrogen-bond donors (Lipinski definition) is 1. The minimum atomic E-state index is -1.48. The summed E-state index contributed by atoms with van der Waals surface area (Å²) in [6.07, 6.45) is 1.93. The Hall–Kier alpha value is -1.32. The number of aliphatic carboxylic acids is 1. The Morgan fingerprint density at radius 2 is 2.20 bits per heavy atom. The average Bonchev–Trinajstić information content (AvgIpc) is 1.88. The van der Waals surface area contributed by atoms with Crippen molar-refractivity contribution in [2.45, 2.75) is 6.92 Å². The lowest BCUT2D eigenvalue weighted by atomic mass is 10.4. The number of carbonyl (C=O) groups is 2. The van der Waals surface area contributed by atoms with Gasteiger partial charge in [-0.25, -0.2) is 4.79 Å². The predicted octanol–water partition coefficient (Wildman–Crippen LogP) is 0.190. The second kappa shape index (κ2) is 4.55. The molecule has 0 saturated heterocycles. The van der Waals surface area contributed by atoms with Crippen LogP contribution in [-0.2, 0) is 14.3 Å². The number of ketones is 1. The van der Waals surface area contributed by atoms with Crippen LogP contribution < -0.4 is 0 Å². The van der Waals surface area contributed by atoms with Crippen LogP contribution in [0.1, 0.15) is 6.92 Å². The Labute approximate surface area is 58.1 Å². The quantitative estimate of drug-likeness (QED) is 0.347. The fraction of sp³-hybridized carbons (Fsp3) is 0.333. The molecule has 4 nitrogen and oxygen atoms in total. The molecule has 0 spiro atoms. The van der Waals surface area contributed by atoms with Gasteiger partial charge in [-0.05, 0) is 6.92 Å². The van der Waals surface area contributed by atoms with Gasteiger partial charge >= 0.3 is 5.97 Å². The maximum absolute atomic E-state index is 10.3. The largest absolute Gasteiger partial charge is 0.501 e. The molecule has 0 aromatic rings. The summed E-state index contributed by atoms with van der Waals surface area (Å²) in [6, 6.07) is 0. The summed E-state index contributed by atoms with van der Waals surface area (Å²) in [6.45, 7) is 2.15. The summed E-state index contributed by atoms with van der Waals surface area (Å²) >= 11 is 0. The van der Waals surface area contributed by atoms with E-state index < -0.39 is 11.8 Å². The van der Waals surface area contributed by atoms with E-state index in [9.17, 15) is 9.59 Å². The molecule has 0 aromatic carbocycles. The molecule has 10 heavy (non-hydrogen) atoms. The molecule has 0 aliphatic carbocycles. The SMILES string of the molecule is CCO/C=C/C(=O)C(=O)O. The molecule has 0 radical (unpaired) electrons. The van der Waals surface area contributed by atoms with Crippen LogP contribution in [0.4, 0.5) is 0 Å². The third-order valence-electron chi connectivity index (χ3n) is 0.693. The first kappa shape index (κ1) is 8.68. The van der Waals surface area contributed by atoms with Gasteiger partial charge in [0.25, 0.3) is 5.78 Å². The molecule has 0 amide bonds. The van der Waals surface area contributed by atoms with Gasteiger partial charge in [0, 0.05) is 6.08 Å². The summed E-state index contributed by atoms with van der Waals surface area (Å²) in [5.74, 6) is -2.45. The molecule has 0 unspecified atom stereocenters. The predicted molar refractivity (Wildman–Crippen MR) is 33.4 cm³/mol. The van der Waals surface area contributed by atoms with Crippen LogP contribution in [0.3, 0.4) is 0 Å². The van der Waals surface area contributed by atoms with Crippen LogP contribution in [0.2, 0.25) is 0 Å². The zero-order chi connectivity index (χ0) is 7.98. The molecular formula is C6H8O4. The number of carboxylic acids is 1. The van der Waals surface area contributed by atoms with E-state index in [1.54, 1.807) is 6.92 Å². The third kappa shape index (κ3) is 3.65. The first-order valence-corrected chi connectivity index (χ1v) is 2.74. The van der Waals surface area contributed by atoms with Crippen molar-refractivity contribution in [2.24, 2.45) is 0 Å². The van der Waals surface area contributed by atoms with E-state index >= 15 is 0 Å². The van der Waals surface area contributed by atoms with Gasteiger partial charge in [0.15, 0.2) is 0 Å². The van der Waals surface area contributed by atoms with Crippen molar-refractivity contribution in [1.29, 1.82) is 0 Å². The second-order valence-electron chi connectivity index (χ2n) is 1.43. The van der Waals surface area contributed by atoms with Crippen molar-refractivity contribution in [2.75, 3.05) is 6.61 Å². The topological polar surface area (TPSA) is 63.6 Å². The Bertz CT molecular complexity index is 159. The Kier molecular flexibility index (Phi) is 3.95. The van der Waals surface area contributed by atoms with Crippen molar-refractivity contribution in [3.05, 3.63) is 12.3 Å². The van der Waals surface area contributed by atoms with Gasteiger partial charge in [-0.2, -0.15) is 0 Å². The van der Waals surface area contributed by atoms with Crippen LogP contribution in [0.5, 0.6) is 0 Å². The molecule has 0 heterocycles. The molecule has 4 heteroatoms. The maximum atomic E-state index is 10.3. The van der Waals surface area contributed by atoms with Crippen LogP contribution in [0.25, 0.3) is 0 Å². The highest BCUT2D eigenvalue weighted by atomic mass is 16.5. The van der Waals surface area contributed by atoms with Gasteiger partial charge in [0.2, 0.25) is 0 Å². The summed E-state index contributed by atoms with van der Waals surface area (Å²) in [4.78, 5) is 20.1. The van der Waals surface area contributed by atoms with E-state index in [0.717, 1.165) is 12.3 Å². The third-order valence-corrected chi connectivity index (χ3v) is 0.693. The van der Waals surface area contributed by atoms with Gasteiger partial charge in [-0.15, -0.1) is 0 Å². The minimum absolute atomic E-state index is 0.420. The molecule has 0 aliphatic heterocycles. The molecule has 0 bridgehead atoms. The van der Waals surface area contributed by atoms with Crippen molar-refractivity contribution in [3.63, 3.8) is 0 Å². The van der Waals surface area contributed by atoms with E-state index in [2.05, 4.69) is 4.74 Å². The highest BCUT2D eigenvalue weighted by Gasteiger charge is 2.04. The highest BCUT2D eigenvalue weighted by molar-refractivity contribution is 6.37. The number of hydrogen-bond acceptors (Lipinski definition) is 3. The van der Waals surface area contributed by atoms with E-state index in [1.807, 2.05) is 0 Å². The van der Waals surface area contributed by atoms with E-state index in [-0.39, 0.29) is 0 Å². The van der Waals surface area contributed by atoms with Crippen LogP contribution in [0, 0.1) is 0 Å². The Morgan fingerprint density at radius 3 is 2.60 bits per heavy atom. The first-order valence-electron chi connectivity index (χ1n) is 2.74. The number of carboxylic acid groups (broad SMARTS) is 1. The van der Waals surface area contributed by atoms with Crippen LogP contribution >= 0.6 is 0 Å². The molecule has 0 aromatic heterocycles. The smallest absolute Gasteiger partial charge is 0.376 e. The average molecular weight is 144 g/mol. The lowest BCUT2D eigenvalue weighted by Gasteiger charge is -1.89. The molecule has 0 aliphatic rings. The van der Waals surface area contributed by atoms with Gasteiger partial charge in [0.05, 0.1) is 12.9 Å². The molecule has 56 valence electrons. The van der Waals surface area contributed by atoms with Gasteiger partial charge < -0.3 is 9.84 Å². The fourth-order valence-corrected chi connectivity index (χ4v) is 0.277. The zero-order valence-corrected chi connectivity index (χ0v) is 5.53. The lowest BCUT2D eigenvalue weighted by Crippen LogP contribution is -2.08. The minimum Gasteiger partial charge on any atom is -0.501 e. The molecule has 1 N–H and O–H groups in total. The van der Waals surface area contributed by atoms with E-state index in [0.29, 0.717) is 6.61 Å². The first-order chi connectivity index (χ1) is 4.68. The van der Waals surface area contributed by atoms with Crippen LogP contribution in [-0.4, -0.2) is 23.5 Å². The number of rotatable bonds is 4.